The fourth-order valence-corrected chi connectivity index (χ4v) is 4.09. The van der Waals surface area contributed by atoms with Crippen molar-refractivity contribution >= 4 is 23.9 Å². The largest absolute Gasteiger partial charge is 0.481 e. The molecule has 4 N–H and O–H groups in total. The summed E-state index contributed by atoms with van der Waals surface area (Å²) in [6.07, 6.45) is -1.19. The van der Waals surface area contributed by atoms with Gasteiger partial charge in [-0.1, -0.05) is 48.5 Å². The molecule has 2 aromatic rings. The van der Waals surface area contributed by atoms with Crippen molar-refractivity contribution in [1.29, 1.82) is 0 Å². The second-order valence-electron chi connectivity index (χ2n) is 8.24. The Hall–Kier alpha value is -3.88. The number of benzene rings is 2. The van der Waals surface area contributed by atoms with Gasteiger partial charge in [0.1, 0.15) is 12.6 Å². The minimum absolute atomic E-state index is 0.0544. The van der Waals surface area contributed by atoms with Crippen molar-refractivity contribution in [3.8, 4) is 11.1 Å². The Kier molecular flexibility index (Phi) is 8.24. The first-order chi connectivity index (χ1) is 16.3. The molecule has 1 aliphatic rings. The number of aliphatic carboxylic acids is 1. The first kappa shape index (κ1) is 24.8. The van der Waals surface area contributed by atoms with E-state index in [1.54, 1.807) is 6.92 Å². The normalized spacial score (nSPS) is 13.7. The number of hydrogen-bond donors (Lipinski definition) is 4. The van der Waals surface area contributed by atoms with Gasteiger partial charge in [-0.15, -0.1) is 0 Å². The second kappa shape index (κ2) is 11.3. The third-order valence-corrected chi connectivity index (χ3v) is 5.76. The van der Waals surface area contributed by atoms with Crippen LogP contribution in [0, 0.1) is 0 Å². The van der Waals surface area contributed by atoms with Gasteiger partial charge in [0.05, 0.1) is 0 Å². The Labute approximate surface area is 197 Å². The molecule has 3 amide bonds. The molecule has 0 fully saturated rings. The molecule has 180 valence electrons. The highest BCUT2D eigenvalue weighted by molar-refractivity contribution is 5.87. The topological polar surface area (TPSA) is 134 Å². The van der Waals surface area contributed by atoms with Gasteiger partial charge in [0.25, 0.3) is 0 Å². The van der Waals surface area contributed by atoms with Crippen LogP contribution in [0.15, 0.2) is 48.5 Å². The van der Waals surface area contributed by atoms with Crippen molar-refractivity contribution in [1.82, 2.24) is 16.0 Å². The molecule has 2 aromatic carbocycles. The molecule has 0 saturated carbocycles. The Morgan fingerprint density at radius 1 is 0.971 bits per heavy atom. The lowest BCUT2D eigenvalue weighted by molar-refractivity contribution is -0.137. The van der Waals surface area contributed by atoms with Crippen LogP contribution in [0.1, 0.15) is 43.2 Å². The van der Waals surface area contributed by atoms with E-state index in [-0.39, 0.29) is 37.7 Å². The summed E-state index contributed by atoms with van der Waals surface area (Å²) in [5.74, 6) is -2.06. The van der Waals surface area contributed by atoms with Crippen LogP contribution in [-0.4, -0.2) is 54.7 Å². The fraction of sp³-hybridized carbons (Fsp3) is 0.360. The average molecular weight is 468 g/mol. The molecule has 9 heteroatoms. The van der Waals surface area contributed by atoms with Crippen molar-refractivity contribution < 1.29 is 29.0 Å². The van der Waals surface area contributed by atoms with Crippen LogP contribution >= 0.6 is 0 Å². The van der Waals surface area contributed by atoms with Crippen molar-refractivity contribution in [2.75, 3.05) is 13.7 Å². The smallest absolute Gasteiger partial charge is 0.407 e. The number of nitrogens with one attached hydrogen (secondary N) is 3. The minimum atomic E-state index is -1.11. The number of hydrogen-bond acceptors (Lipinski definition) is 5. The summed E-state index contributed by atoms with van der Waals surface area (Å²) in [7, 11) is 1.49. The van der Waals surface area contributed by atoms with Crippen molar-refractivity contribution in [2.45, 2.75) is 44.2 Å². The highest BCUT2D eigenvalue weighted by Gasteiger charge is 2.30. The van der Waals surface area contributed by atoms with Gasteiger partial charge >= 0.3 is 12.1 Å². The molecule has 0 radical (unpaired) electrons. The van der Waals surface area contributed by atoms with E-state index in [0.29, 0.717) is 0 Å². The van der Waals surface area contributed by atoms with Gasteiger partial charge in [-0.2, -0.15) is 0 Å². The summed E-state index contributed by atoms with van der Waals surface area (Å²) in [5.41, 5.74) is 4.30. The zero-order valence-corrected chi connectivity index (χ0v) is 19.2. The Bertz CT molecular complexity index is 1020. The lowest BCUT2D eigenvalue weighted by atomic mass is 9.98. The number of carbonyl (C=O) groups is 4. The highest BCUT2D eigenvalue weighted by atomic mass is 16.5. The zero-order valence-electron chi connectivity index (χ0n) is 19.2. The summed E-state index contributed by atoms with van der Waals surface area (Å²) < 4.78 is 5.47. The fourth-order valence-electron chi connectivity index (χ4n) is 4.09. The monoisotopic (exact) mass is 467 g/mol. The first-order valence-corrected chi connectivity index (χ1v) is 11.1. The Morgan fingerprint density at radius 2 is 1.56 bits per heavy atom. The molecule has 3 rings (SSSR count). The lowest BCUT2D eigenvalue weighted by Crippen LogP contribution is -2.50. The lowest BCUT2D eigenvalue weighted by Gasteiger charge is -2.21. The van der Waals surface area contributed by atoms with Gasteiger partial charge in [-0.05, 0) is 35.6 Å². The van der Waals surface area contributed by atoms with Crippen molar-refractivity contribution in [3.63, 3.8) is 0 Å². The van der Waals surface area contributed by atoms with Gasteiger partial charge in [0, 0.05) is 31.8 Å². The van der Waals surface area contributed by atoms with Crippen LogP contribution in [0.25, 0.3) is 11.1 Å². The first-order valence-electron chi connectivity index (χ1n) is 11.1. The quantitative estimate of drug-likeness (QED) is 0.424. The van der Waals surface area contributed by atoms with E-state index in [4.69, 9.17) is 9.84 Å². The molecule has 0 saturated heterocycles. The molecule has 0 aromatic heterocycles. The van der Waals surface area contributed by atoms with E-state index in [9.17, 15) is 19.2 Å². The van der Waals surface area contributed by atoms with E-state index in [1.165, 1.54) is 7.05 Å². The molecule has 0 aliphatic heterocycles. The average Bonchev–Trinajstić information content (AvgIpc) is 3.13. The zero-order chi connectivity index (χ0) is 24.7. The number of alkyl carbamates (subject to hydrolysis) is 1. The molecule has 2 atom stereocenters. The maximum Gasteiger partial charge on any atom is 0.407 e. The molecule has 1 aliphatic carbocycles. The Morgan fingerprint density at radius 3 is 2.12 bits per heavy atom. The number of carboxylic acid groups (broad SMARTS) is 1. The van der Waals surface area contributed by atoms with Gasteiger partial charge in [0.2, 0.25) is 11.8 Å². The predicted octanol–water partition coefficient (Wildman–Crippen LogP) is 2.40. The summed E-state index contributed by atoms with van der Waals surface area (Å²) in [6, 6.07) is 14.2. The highest BCUT2D eigenvalue weighted by Crippen LogP contribution is 2.44. The van der Waals surface area contributed by atoms with Crippen LogP contribution in [0.4, 0.5) is 4.79 Å². The van der Waals surface area contributed by atoms with Crippen LogP contribution in [0.3, 0.4) is 0 Å². The SMILES string of the molecule is CNC(=O)CC(C)NC(=O)C(CCC(=O)O)NC(=O)OCC1c2ccccc2-c2ccccc21. The van der Waals surface area contributed by atoms with Crippen LogP contribution < -0.4 is 16.0 Å². The molecule has 34 heavy (non-hydrogen) atoms. The maximum atomic E-state index is 12.7. The van der Waals surface area contributed by atoms with Gasteiger partial charge in [-0.3, -0.25) is 14.4 Å². The molecule has 0 heterocycles. The van der Waals surface area contributed by atoms with Crippen molar-refractivity contribution in [3.05, 3.63) is 59.7 Å². The van der Waals surface area contributed by atoms with Crippen molar-refractivity contribution in [2.24, 2.45) is 0 Å². The third kappa shape index (κ3) is 6.12. The maximum absolute atomic E-state index is 12.7. The van der Waals surface area contributed by atoms with E-state index in [1.807, 2.05) is 48.5 Å². The second-order valence-corrected chi connectivity index (χ2v) is 8.24. The molecule has 0 bridgehead atoms. The molecule has 0 spiro atoms. The molecular formula is C25H29N3O6. The van der Waals surface area contributed by atoms with Crippen LogP contribution in [0.5, 0.6) is 0 Å². The van der Waals surface area contributed by atoms with Gasteiger partial charge in [-0.25, -0.2) is 4.79 Å². The van der Waals surface area contributed by atoms with Crippen LogP contribution in [0.2, 0.25) is 0 Å². The van der Waals surface area contributed by atoms with E-state index in [0.717, 1.165) is 22.3 Å². The summed E-state index contributed by atoms with van der Waals surface area (Å²) in [6.45, 7) is 1.72. The molecule has 9 nitrogen and oxygen atoms in total. The van der Waals surface area contributed by atoms with Crippen LogP contribution in [-0.2, 0) is 19.1 Å². The van der Waals surface area contributed by atoms with Gasteiger partial charge < -0.3 is 25.8 Å². The third-order valence-electron chi connectivity index (χ3n) is 5.76. The number of rotatable bonds is 10. The summed E-state index contributed by atoms with van der Waals surface area (Å²) in [5, 5.41) is 16.6. The molecule has 2 unspecified atom stereocenters. The summed E-state index contributed by atoms with van der Waals surface area (Å²) in [4.78, 5) is 47.8. The minimum Gasteiger partial charge on any atom is -0.481 e. The number of carboxylic acids is 1. The number of carbonyl (C=O) groups excluding carboxylic acids is 3. The number of ether oxygens (including phenoxy) is 1. The van der Waals surface area contributed by atoms with E-state index >= 15 is 0 Å². The Balaban J connectivity index is 1.63. The predicted molar refractivity (Wildman–Crippen MR) is 125 cm³/mol. The molecular weight excluding hydrogens is 438 g/mol. The number of amides is 3. The number of fused-ring (bicyclic) bond motifs is 3. The van der Waals surface area contributed by atoms with E-state index in [2.05, 4.69) is 16.0 Å². The van der Waals surface area contributed by atoms with Gasteiger partial charge in [0.15, 0.2) is 0 Å². The summed E-state index contributed by atoms with van der Waals surface area (Å²) >= 11 is 0. The van der Waals surface area contributed by atoms with E-state index < -0.39 is 30.1 Å². The standard InChI is InChI=1S/C25H29N3O6/c1-15(13-22(29)26-2)27-24(32)21(11-12-23(30)31)28-25(33)34-14-20-18-9-5-3-7-16(18)17-8-4-6-10-19(17)20/h3-10,15,20-21H,11-14H2,1-2H3,(H,26,29)(H,27,32)(H,28,33)(H,30,31).